The molecule has 1 aliphatic rings. The van der Waals surface area contributed by atoms with E-state index >= 15 is 0 Å². The van der Waals surface area contributed by atoms with Crippen molar-refractivity contribution in [2.45, 2.75) is 12.8 Å². The van der Waals surface area contributed by atoms with E-state index in [1.807, 2.05) is 0 Å². The molecule has 1 rings (SSSR count). The lowest BCUT2D eigenvalue weighted by Crippen LogP contribution is -2.54. The van der Waals surface area contributed by atoms with E-state index in [9.17, 15) is 18.0 Å². The first kappa shape index (κ1) is 14.7. The second kappa shape index (κ2) is 6.01. The van der Waals surface area contributed by atoms with Gasteiger partial charge in [-0.25, -0.2) is 18.4 Å². The van der Waals surface area contributed by atoms with Gasteiger partial charge in [-0.05, 0) is 6.42 Å². The molecule has 0 bridgehead atoms. The predicted octanol–water partition coefficient (Wildman–Crippen LogP) is -1.22. The molecule has 4 N–H and O–H groups in total. The van der Waals surface area contributed by atoms with Gasteiger partial charge < -0.3 is 15.3 Å². The number of carboxylic acid groups (broad SMARTS) is 1. The molecule has 1 saturated heterocycles. The van der Waals surface area contributed by atoms with Crippen molar-refractivity contribution in [2.75, 3.05) is 25.4 Å². The van der Waals surface area contributed by atoms with Crippen LogP contribution in [0.15, 0.2) is 0 Å². The molecule has 0 aromatic heterocycles. The first-order chi connectivity index (χ1) is 8.28. The molecule has 9 heteroatoms. The summed E-state index contributed by atoms with van der Waals surface area (Å²) < 4.78 is 21.2. The van der Waals surface area contributed by atoms with E-state index in [1.165, 1.54) is 4.90 Å². The molecule has 0 radical (unpaired) electrons. The number of nitrogens with zero attached hydrogens (tertiary/aromatic N) is 1. The summed E-state index contributed by atoms with van der Waals surface area (Å²) in [7, 11) is -3.49. The fourth-order valence-electron chi connectivity index (χ4n) is 1.69. The maximum absolute atomic E-state index is 11.5. The normalized spacial score (nSPS) is 16.2. The number of nitrogens with one attached hydrogen (secondary N) is 1. The van der Waals surface area contributed by atoms with Gasteiger partial charge in [-0.1, -0.05) is 0 Å². The van der Waals surface area contributed by atoms with E-state index in [2.05, 4.69) is 5.32 Å². The van der Waals surface area contributed by atoms with Crippen molar-refractivity contribution in [3.8, 4) is 0 Å². The highest BCUT2D eigenvalue weighted by Gasteiger charge is 2.31. The maximum Gasteiger partial charge on any atom is 0.317 e. The van der Waals surface area contributed by atoms with E-state index in [4.69, 9.17) is 10.2 Å². The first-order valence-corrected chi connectivity index (χ1v) is 7.24. The molecule has 18 heavy (non-hydrogen) atoms. The molecule has 0 atom stereocenters. The van der Waals surface area contributed by atoms with Gasteiger partial charge in [0.05, 0.1) is 12.2 Å². The van der Waals surface area contributed by atoms with Gasteiger partial charge in [0.2, 0.25) is 10.0 Å². The number of nitrogens with two attached hydrogens (primary N) is 1. The van der Waals surface area contributed by atoms with Crippen LogP contribution in [0.1, 0.15) is 12.8 Å². The fraction of sp³-hybridized carbons (Fsp3) is 0.778. The Morgan fingerprint density at radius 3 is 2.50 bits per heavy atom. The maximum atomic E-state index is 11.5. The smallest absolute Gasteiger partial charge is 0.317 e. The van der Waals surface area contributed by atoms with Crippen LogP contribution in [0, 0.1) is 5.92 Å². The molecular formula is C9H17N3O5S. The fourth-order valence-corrected chi connectivity index (χ4v) is 2.24. The number of carboxylic acids is 1. The Balaban J connectivity index is 2.11. The molecular weight excluding hydrogens is 262 g/mol. The Bertz CT molecular complexity index is 416. The number of amides is 2. The number of hydrogen-bond donors (Lipinski definition) is 3. The summed E-state index contributed by atoms with van der Waals surface area (Å²) in [5, 5.41) is 15.9. The second-order valence-electron chi connectivity index (χ2n) is 4.32. The Kier molecular flexibility index (Phi) is 4.91. The number of rotatable bonds is 6. The van der Waals surface area contributed by atoms with Gasteiger partial charge in [-0.15, -0.1) is 0 Å². The van der Waals surface area contributed by atoms with Gasteiger partial charge in [0.1, 0.15) is 0 Å². The van der Waals surface area contributed by atoms with Crippen LogP contribution in [0.5, 0.6) is 0 Å². The molecule has 0 unspecified atom stereocenters. The molecule has 8 nitrogen and oxygen atoms in total. The minimum Gasteiger partial charge on any atom is -0.481 e. The average molecular weight is 279 g/mol. The van der Waals surface area contributed by atoms with Gasteiger partial charge in [0, 0.05) is 25.6 Å². The van der Waals surface area contributed by atoms with Crippen LogP contribution in [0.3, 0.4) is 0 Å². The molecule has 104 valence electrons. The number of carbonyl (C=O) groups excluding carboxylic acids is 1. The number of hydrogen-bond acceptors (Lipinski definition) is 4. The van der Waals surface area contributed by atoms with E-state index < -0.39 is 16.0 Å². The molecule has 0 aliphatic carbocycles. The molecule has 1 aliphatic heterocycles. The van der Waals surface area contributed by atoms with Crippen LogP contribution in [0.2, 0.25) is 0 Å². The number of aliphatic carboxylic acids is 1. The largest absolute Gasteiger partial charge is 0.481 e. The highest BCUT2D eigenvalue weighted by Crippen LogP contribution is 2.18. The Morgan fingerprint density at radius 2 is 2.00 bits per heavy atom. The Hall–Kier alpha value is -1.35. The molecule has 1 fully saturated rings. The number of sulfonamides is 1. The van der Waals surface area contributed by atoms with Crippen LogP contribution in [0.25, 0.3) is 0 Å². The zero-order chi connectivity index (χ0) is 13.8. The zero-order valence-corrected chi connectivity index (χ0v) is 10.6. The van der Waals surface area contributed by atoms with Crippen molar-refractivity contribution < 1.29 is 23.1 Å². The summed E-state index contributed by atoms with van der Waals surface area (Å²) in [5.74, 6) is -1.03. The van der Waals surface area contributed by atoms with Gasteiger partial charge in [-0.2, -0.15) is 0 Å². The summed E-state index contributed by atoms with van der Waals surface area (Å²) in [6.45, 7) is 1.08. The van der Waals surface area contributed by atoms with Crippen LogP contribution in [-0.2, 0) is 14.8 Å². The number of urea groups is 1. The van der Waals surface area contributed by atoms with E-state index in [0.717, 1.165) is 0 Å². The third-order valence-electron chi connectivity index (χ3n) is 2.59. The monoisotopic (exact) mass is 279 g/mol. The van der Waals surface area contributed by atoms with Crippen molar-refractivity contribution in [3.63, 3.8) is 0 Å². The van der Waals surface area contributed by atoms with Crippen molar-refractivity contribution in [1.29, 1.82) is 0 Å². The number of primary sulfonamides is 1. The molecule has 1 heterocycles. The highest BCUT2D eigenvalue weighted by atomic mass is 32.2. The highest BCUT2D eigenvalue weighted by molar-refractivity contribution is 7.89. The topological polar surface area (TPSA) is 130 Å². The van der Waals surface area contributed by atoms with E-state index in [0.29, 0.717) is 13.1 Å². The molecule has 0 aromatic carbocycles. The van der Waals surface area contributed by atoms with Crippen molar-refractivity contribution in [3.05, 3.63) is 0 Å². The quantitative estimate of drug-likeness (QED) is 0.525. The van der Waals surface area contributed by atoms with E-state index in [1.54, 1.807) is 0 Å². The zero-order valence-electron chi connectivity index (χ0n) is 9.83. The van der Waals surface area contributed by atoms with Crippen LogP contribution < -0.4 is 10.5 Å². The van der Waals surface area contributed by atoms with Gasteiger partial charge in [0.15, 0.2) is 0 Å². The summed E-state index contributed by atoms with van der Waals surface area (Å²) in [6, 6.07) is -0.300. The lowest BCUT2D eigenvalue weighted by molar-refractivity contribution is -0.139. The third-order valence-corrected chi connectivity index (χ3v) is 3.45. The minimum absolute atomic E-state index is 0.0117. The predicted molar refractivity (Wildman–Crippen MR) is 63.3 cm³/mol. The Labute approximate surface area is 105 Å². The summed E-state index contributed by atoms with van der Waals surface area (Å²) in [5.41, 5.74) is 0. The average Bonchev–Trinajstić information content (AvgIpc) is 2.15. The summed E-state index contributed by atoms with van der Waals surface area (Å²) in [6.07, 6.45) is 0.326. The van der Waals surface area contributed by atoms with Crippen LogP contribution >= 0.6 is 0 Å². The van der Waals surface area contributed by atoms with Crippen molar-refractivity contribution in [2.24, 2.45) is 11.1 Å². The van der Waals surface area contributed by atoms with Gasteiger partial charge >= 0.3 is 12.0 Å². The molecule has 0 aromatic rings. The minimum atomic E-state index is -3.49. The van der Waals surface area contributed by atoms with Crippen molar-refractivity contribution in [1.82, 2.24) is 10.2 Å². The van der Waals surface area contributed by atoms with Crippen LogP contribution in [0.4, 0.5) is 4.79 Å². The Morgan fingerprint density at radius 1 is 1.39 bits per heavy atom. The molecule has 0 saturated carbocycles. The number of likely N-dealkylation sites (tertiary alicyclic amines) is 1. The second-order valence-corrected chi connectivity index (χ2v) is 6.06. The SMILES string of the molecule is NS(=O)(=O)CCCNC(=O)N1CC(CC(=O)O)C1. The first-order valence-electron chi connectivity index (χ1n) is 5.53. The molecule has 2 amide bonds. The molecule has 0 spiro atoms. The van der Waals surface area contributed by atoms with Crippen molar-refractivity contribution >= 4 is 22.0 Å². The third kappa shape index (κ3) is 5.32. The summed E-state index contributed by atoms with van der Waals surface area (Å²) >= 11 is 0. The van der Waals surface area contributed by atoms with Gasteiger partial charge in [-0.3, -0.25) is 4.79 Å². The van der Waals surface area contributed by atoms with E-state index in [-0.39, 0.29) is 37.1 Å². The van der Waals surface area contributed by atoms with Gasteiger partial charge in [0.25, 0.3) is 0 Å². The lowest BCUT2D eigenvalue weighted by atomic mass is 9.97. The summed E-state index contributed by atoms with van der Waals surface area (Å²) in [4.78, 5) is 23.4. The lowest BCUT2D eigenvalue weighted by Gasteiger charge is -2.38. The number of carbonyl (C=O) groups is 2. The standard InChI is InChI=1S/C9H17N3O5S/c10-18(16,17)3-1-2-11-9(15)12-5-7(6-12)4-8(13)14/h7H,1-6H2,(H,11,15)(H,13,14)(H2,10,16,17). The van der Waals surface area contributed by atoms with Crippen LogP contribution in [-0.4, -0.2) is 55.8 Å².